The highest BCUT2D eigenvalue weighted by atomic mass is 16.5. The summed E-state index contributed by atoms with van der Waals surface area (Å²) >= 11 is 0. The molecule has 1 saturated heterocycles. The SMILES string of the molecule is CC1CCC(OC(=O)C2NCCCC2(C)C)CC1. The van der Waals surface area contributed by atoms with E-state index in [2.05, 4.69) is 26.1 Å². The third-order valence-electron chi connectivity index (χ3n) is 4.61. The Hall–Kier alpha value is -0.570. The van der Waals surface area contributed by atoms with Crippen molar-refractivity contribution < 1.29 is 9.53 Å². The average Bonchev–Trinajstić information content (AvgIpc) is 2.31. The van der Waals surface area contributed by atoms with Crippen molar-refractivity contribution in [1.82, 2.24) is 5.32 Å². The topological polar surface area (TPSA) is 38.3 Å². The molecule has 3 nitrogen and oxygen atoms in total. The van der Waals surface area contributed by atoms with Gasteiger partial charge in [-0.25, -0.2) is 0 Å². The first-order valence-corrected chi connectivity index (χ1v) is 7.43. The number of carbonyl (C=O) groups excluding carboxylic acids is 1. The molecule has 1 N–H and O–H groups in total. The maximum Gasteiger partial charge on any atom is 0.323 e. The summed E-state index contributed by atoms with van der Waals surface area (Å²) in [5.41, 5.74) is 0.0251. The number of hydrogen-bond donors (Lipinski definition) is 1. The summed E-state index contributed by atoms with van der Waals surface area (Å²) in [6.07, 6.45) is 6.88. The van der Waals surface area contributed by atoms with Crippen LogP contribution in [0.4, 0.5) is 0 Å². The number of hydrogen-bond acceptors (Lipinski definition) is 3. The van der Waals surface area contributed by atoms with Crippen LogP contribution in [0, 0.1) is 11.3 Å². The van der Waals surface area contributed by atoms with E-state index in [0.717, 1.165) is 38.1 Å². The summed E-state index contributed by atoms with van der Waals surface area (Å²) < 4.78 is 5.71. The molecule has 1 atom stereocenters. The molecule has 1 aliphatic heterocycles. The predicted octanol–water partition coefficient (Wildman–Crippen LogP) is 2.89. The van der Waals surface area contributed by atoms with E-state index in [4.69, 9.17) is 4.74 Å². The molecule has 3 heteroatoms. The second-order valence-electron chi connectivity index (χ2n) is 6.80. The Kier molecular flexibility index (Phi) is 4.31. The summed E-state index contributed by atoms with van der Waals surface area (Å²) in [7, 11) is 0. The van der Waals surface area contributed by atoms with Crippen molar-refractivity contribution in [3.63, 3.8) is 0 Å². The summed E-state index contributed by atoms with van der Waals surface area (Å²) in [5.74, 6) is 0.767. The second-order valence-corrected chi connectivity index (χ2v) is 6.80. The predicted molar refractivity (Wildman–Crippen MR) is 72.3 cm³/mol. The fourth-order valence-electron chi connectivity index (χ4n) is 3.19. The van der Waals surface area contributed by atoms with Crippen LogP contribution in [0.15, 0.2) is 0 Å². The molecule has 0 aromatic rings. The van der Waals surface area contributed by atoms with E-state index in [1.165, 1.54) is 12.8 Å². The van der Waals surface area contributed by atoms with Gasteiger partial charge in [0.2, 0.25) is 0 Å². The minimum absolute atomic E-state index is 0.0251. The van der Waals surface area contributed by atoms with Crippen molar-refractivity contribution in [2.45, 2.75) is 71.4 Å². The van der Waals surface area contributed by atoms with E-state index in [-0.39, 0.29) is 23.5 Å². The van der Waals surface area contributed by atoms with E-state index in [0.29, 0.717) is 0 Å². The molecule has 1 heterocycles. The molecule has 2 rings (SSSR count). The van der Waals surface area contributed by atoms with Crippen molar-refractivity contribution in [3.8, 4) is 0 Å². The highest BCUT2D eigenvalue weighted by molar-refractivity contribution is 5.77. The van der Waals surface area contributed by atoms with Crippen molar-refractivity contribution in [1.29, 1.82) is 0 Å². The minimum atomic E-state index is -0.120. The smallest absolute Gasteiger partial charge is 0.323 e. The zero-order valence-corrected chi connectivity index (χ0v) is 12.0. The summed E-state index contributed by atoms with van der Waals surface area (Å²) in [5, 5.41) is 3.33. The van der Waals surface area contributed by atoms with E-state index >= 15 is 0 Å². The zero-order chi connectivity index (χ0) is 13.2. The van der Waals surface area contributed by atoms with Crippen LogP contribution >= 0.6 is 0 Å². The Bertz CT molecular complexity index is 293. The monoisotopic (exact) mass is 253 g/mol. The first-order chi connectivity index (χ1) is 8.49. The number of rotatable bonds is 2. The van der Waals surface area contributed by atoms with E-state index in [9.17, 15) is 4.79 Å². The molecule has 0 bridgehead atoms. The third-order valence-corrected chi connectivity index (χ3v) is 4.61. The molecule has 104 valence electrons. The molecule has 0 aromatic carbocycles. The average molecular weight is 253 g/mol. The zero-order valence-electron chi connectivity index (χ0n) is 12.0. The van der Waals surface area contributed by atoms with Gasteiger partial charge in [0, 0.05) is 0 Å². The molecular weight excluding hydrogens is 226 g/mol. The Balaban J connectivity index is 1.87. The Labute approximate surface area is 111 Å². The van der Waals surface area contributed by atoms with Gasteiger partial charge in [0.1, 0.15) is 12.1 Å². The summed E-state index contributed by atoms with van der Waals surface area (Å²) in [6, 6.07) is -0.120. The summed E-state index contributed by atoms with van der Waals surface area (Å²) in [4.78, 5) is 12.3. The van der Waals surface area contributed by atoms with Crippen LogP contribution in [0.25, 0.3) is 0 Å². The molecule has 0 spiro atoms. The van der Waals surface area contributed by atoms with Crippen LogP contribution in [0.2, 0.25) is 0 Å². The molecule has 1 unspecified atom stereocenters. The van der Waals surface area contributed by atoms with E-state index < -0.39 is 0 Å². The van der Waals surface area contributed by atoms with Gasteiger partial charge in [-0.1, -0.05) is 20.8 Å². The molecule has 1 saturated carbocycles. The normalized spacial score (nSPS) is 36.1. The Morgan fingerprint density at radius 3 is 2.50 bits per heavy atom. The van der Waals surface area contributed by atoms with Gasteiger partial charge in [0.05, 0.1) is 0 Å². The van der Waals surface area contributed by atoms with E-state index in [1.807, 2.05) is 0 Å². The number of carbonyl (C=O) groups is 1. The lowest BCUT2D eigenvalue weighted by Gasteiger charge is -2.38. The van der Waals surface area contributed by atoms with Crippen molar-refractivity contribution in [3.05, 3.63) is 0 Å². The number of esters is 1. The fourth-order valence-corrected chi connectivity index (χ4v) is 3.19. The quantitative estimate of drug-likeness (QED) is 0.769. The first-order valence-electron chi connectivity index (χ1n) is 7.43. The third kappa shape index (κ3) is 3.25. The van der Waals surface area contributed by atoms with Crippen LogP contribution in [0.1, 0.15) is 59.3 Å². The molecule has 0 amide bonds. The van der Waals surface area contributed by atoms with Crippen LogP contribution in [0.5, 0.6) is 0 Å². The van der Waals surface area contributed by atoms with Crippen LogP contribution in [-0.4, -0.2) is 24.7 Å². The highest BCUT2D eigenvalue weighted by Gasteiger charge is 2.39. The lowest BCUT2D eigenvalue weighted by atomic mass is 9.77. The molecule has 0 aromatic heterocycles. The maximum absolute atomic E-state index is 12.3. The Morgan fingerprint density at radius 2 is 1.89 bits per heavy atom. The van der Waals surface area contributed by atoms with Gasteiger partial charge in [-0.15, -0.1) is 0 Å². The number of nitrogens with one attached hydrogen (secondary N) is 1. The molecule has 2 fully saturated rings. The number of piperidine rings is 1. The standard InChI is InChI=1S/C15H27NO2/c1-11-5-7-12(8-6-11)18-14(17)13-15(2,3)9-4-10-16-13/h11-13,16H,4-10H2,1-3H3. The van der Waals surface area contributed by atoms with Gasteiger partial charge in [-0.3, -0.25) is 4.79 Å². The summed E-state index contributed by atoms with van der Waals surface area (Å²) in [6.45, 7) is 7.54. The van der Waals surface area contributed by atoms with Crippen LogP contribution in [-0.2, 0) is 9.53 Å². The molecule has 18 heavy (non-hydrogen) atoms. The van der Waals surface area contributed by atoms with Crippen LogP contribution in [0.3, 0.4) is 0 Å². The lowest BCUT2D eigenvalue weighted by molar-refractivity contribution is -0.157. The number of ether oxygens (including phenoxy) is 1. The molecular formula is C15H27NO2. The maximum atomic E-state index is 12.3. The van der Waals surface area contributed by atoms with Gasteiger partial charge in [0.15, 0.2) is 0 Å². The van der Waals surface area contributed by atoms with E-state index in [1.54, 1.807) is 0 Å². The van der Waals surface area contributed by atoms with Gasteiger partial charge in [-0.2, -0.15) is 0 Å². The van der Waals surface area contributed by atoms with Gasteiger partial charge >= 0.3 is 5.97 Å². The van der Waals surface area contributed by atoms with Crippen molar-refractivity contribution in [2.75, 3.05) is 6.54 Å². The molecule has 2 aliphatic rings. The van der Waals surface area contributed by atoms with Crippen molar-refractivity contribution in [2.24, 2.45) is 11.3 Å². The van der Waals surface area contributed by atoms with Gasteiger partial charge in [-0.05, 0) is 56.4 Å². The highest BCUT2D eigenvalue weighted by Crippen LogP contribution is 2.32. The second kappa shape index (κ2) is 5.60. The Morgan fingerprint density at radius 1 is 1.22 bits per heavy atom. The van der Waals surface area contributed by atoms with Gasteiger partial charge in [0.25, 0.3) is 0 Å². The fraction of sp³-hybridized carbons (Fsp3) is 0.933. The lowest BCUT2D eigenvalue weighted by Crippen LogP contribution is -2.53. The largest absolute Gasteiger partial charge is 0.461 e. The van der Waals surface area contributed by atoms with Gasteiger partial charge < -0.3 is 10.1 Å². The first kappa shape index (κ1) is 13.9. The van der Waals surface area contributed by atoms with Crippen LogP contribution < -0.4 is 5.32 Å². The molecule has 1 aliphatic carbocycles. The minimum Gasteiger partial charge on any atom is -0.461 e. The van der Waals surface area contributed by atoms with Crippen molar-refractivity contribution >= 4 is 5.97 Å². The molecule has 0 radical (unpaired) electrons.